The van der Waals surface area contributed by atoms with Crippen molar-refractivity contribution >= 4 is 11.9 Å². The molecule has 0 aromatic carbocycles. The molecule has 2 rings (SSSR count). The summed E-state index contributed by atoms with van der Waals surface area (Å²) in [4.78, 5) is 34.4. The molecule has 1 aliphatic heterocycles. The van der Waals surface area contributed by atoms with Crippen LogP contribution in [0.1, 0.15) is 16.9 Å². The summed E-state index contributed by atoms with van der Waals surface area (Å²) in [7, 11) is 1.41. The normalized spacial score (nSPS) is 22.2. The van der Waals surface area contributed by atoms with Gasteiger partial charge in [-0.25, -0.2) is 9.48 Å². The Labute approximate surface area is 108 Å². The van der Waals surface area contributed by atoms with Crippen LogP contribution >= 0.6 is 0 Å². The summed E-state index contributed by atoms with van der Waals surface area (Å²) in [6, 6.07) is 2.45. The van der Waals surface area contributed by atoms with Gasteiger partial charge in [-0.3, -0.25) is 9.59 Å². The van der Waals surface area contributed by atoms with Crippen LogP contribution in [0.15, 0.2) is 16.9 Å². The van der Waals surface area contributed by atoms with Crippen molar-refractivity contribution in [1.29, 1.82) is 0 Å². The number of nitrogens with one attached hydrogen (secondary N) is 1. The molecule has 1 aliphatic rings. The van der Waals surface area contributed by atoms with E-state index >= 15 is 0 Å². The summed E-state index contributed by atoms with van der Waals surface area (Å²) in [6.07, 6.45) is 0.194. The van der Waals surface area contributed by atoms with Crippen molar-refractivity contribution in [1.82, 2.24) is 15.1 Å². The first-order valence-electron chi connectivity index (χ1n) is 5.63. The van der Waals surface area contributed by atoms with Gasteiger partial charge in [0, 0.05) is 26.1 Å². The molecule has 0 saturated carbocycles. The number of rotatable bonds is 3. The summed E-state index contributed by atoms with van der Waals surface area (Å²) in [6.45, 7) is 0.188. The topological polar surface area (TPSA) is 111 Å². The van der Waals surface area contributed by atoms with Crippen LogP contribution in [0.2, 0.25) is 0 Å². The maximum Gasteiger partial charge on any atom is 0.331 e. The van der Waals surface area contributed by atoms with E-state index < -0.39 is 17.4 Å². The quantitative estimate of drug-likeness (QED) is 0.708. The van der Waals surface area contributed by atoms with Crippen molar-refractivity contribution in [3.8, 4) is 0 Å². The van der Waals surface area contributed by atoms with E-state index in [0.717, 1.165) is 4.68 Å². The summed E-state index contributed by atoms with van der Waals surface area (Å²) < 4.78 is 6.04. The number of hydrogen-bond acceptors (Lipinski definition) is 5. The van der Waals surface area contributed by atoms with Gasteiger partial charge in [-0.1, -0.05) is 0 Å². The van der Waals surface area contributed by atoms with Crippen molar-refractivity contribution in [3.63, 3.8) is 0 Å². The van der Waals surface area contributed by atoms with Gasteiger partial charge >= 0.3 is 5.97 Å². The highest BCUT2D eigenvalue weighted by molar-refractivity contribution is 5.96. The van der Waals surface area contributed by atoms with E-state index in [0.29, 0.717) is 0 Å². The number of aryl methyl sites for hydroxylation is 1. The molecule has 0 bridgehead atoms. The van der Waals surface area contributed by atoms with Crippen LogP contribution in [-0.4, -0.2) is 45.5 Å². The van der Waals surface area contributed by atoms with Crippen LogP contribution < -0.4 is 10.9 Å². The Bertz CT molecular complexity index is 574. The Kier molecular flexibility index (Phi) is 3.34. The lowest BCUT2D eigenvalue weighted by Gasteiger charge is -2.23. The number of carboxylic acid groups (broad SMARTS) is 1. The molecule has 1 amide bonds. The minimum atomic E-state index is -1.42. The zero-order valence-corrected chi connectivity index (χ0v) is 10.3. The first kappa shape index (κ1) is 13.2. The van der Waals surface area contributed by atoms with E-state index in [4.69, 9.17) is 4.74 Å². The standard InChI is InChI=1S/C11H13N3O5/c1-14-8(15)3-2-7(13-14)9(16)12-11(10(17)18)4-5-19-6-11/h2-3H,4-6H2,1H3,(H,12,16)(H,17,18). The van der Waals surface area contributed by atoms with Gasteiger partial charge in [-0.2, -0.15) is 5.10 Å². The predicted molar refractivity (Wildman–Crippen MR) is 62.7 cm³/mol. The maximum atomic E-state index is 12.0. The number of ether oxygens (including phenoxy) is 1. The first-order chi connectivity index (χ1) is 8.94. The van der Waals surface area contributed by atoms with Crippen molar-refractivity contribution < 1.29 is 19.4 Å². The van der Waals surface area contributed by atoms with Gasteiger partial charge in [0.05, 0.1) is 6.61 Å². The molecule has 0 spiro atoms. The van der Waals surface area contributed by atoms with Gasteiger partial charge in [0.1, 0.15) is 5.69 Å². The van der Waals surface area contributed by atoms with Crippen molar-refractivity contribution in [2.24, 2.45) is 7.05 Å². The summed E-state index contributed by atoms with van der Waals surface area (Å²) >= 11 is 0. The highest BCUT2D eigenvalue weighted by Crippen LogP contribution is 2.19. The predicted octanol–water partition coefficient (Wildman–Crippen LogP) is -1.25. The third-order valence-electron chi connectivity index (χ3n) is 2.98. The van der Waals surface area contributed by atoms with Gasteiger partial charge in [-0.15, -0.1) is 0 Å². The lowest BCUT2D eigenvalue weighted by Crippen LogP contribution is -2.55. The van der Waals surface area contributed by atoms with Crippen LogP contribution in [0.4, 0.5) is 0 Å². The Morgan fingerprint density at radius 3 is 2.79 bits per heavy atom. The first-order valence-corrected chi connectivity index (χ1v) is 5.63. The second kappa shape index (κ2) is 4.81. The van der Waals surface area contributed by atoms with Crippen LogP contribution in [0, 0.1) is 0 Å². The van der Waals surface area contributed by atoms with Crippen molar-refractivity contribution in [3.05, 3.63) is 28.2 Å². The highest BCUT2D eigenvalue weighted by atomic mass is 16.5. The molecule has 1 saturated heterocycles. The van der Waals surface area contributed by atoms with Crippen molar-refractivity contribution in [2.75, 3.05) is 13.2 Å². The fourth-order valence-electron chi connectivity index (χ4n) is 1.79. The SMILES string of the molecule is Cn1nc(C(=O)NC2(C(=O)O)CCOC2)ccc1=O. The van der Waals surface area contributed by atoms with Crippen LogP contribution in [0.5, 0.6) is 0 Å². The van der Waals surface area contributed by atoms with Gasteiger partial charge in [0.25, 0.3) is 11.5 Å². The third-order valence-corrected chi connectivity index (χ3v) is 2.98. The van der Waals surface area contributed by atoms with Crippen LogP contribution in [0.25, 0.3) is 0 Å². The smallest absolute Gasteiger partial charge is 0.331 e. The summed E-state index contributed by atoms with van der Waals surface area (Å²) in [5.74, 6) is -1.80. The number of carbonyl (C=O) groups excluding carboxylic acids is 1. The Morgan fingerprint density at radius 1 is 1.53 bits per heavy atom. The molecule has 1 aromatic rings. The number of nitrogens with zero attached hydrogens (tertiary/aromatic N) is 2. The average molecular weight is 267 g/mol. The number of aromatic nitrogens is 2. The fraction of sp³-hybridized carbons (Fsp3) is 0.455. The lowest BCUT2D eigenvalue weighted by atomic mass is 9.99. The number of hydrogen-bond donors (Lipinski definition) is 2. The molecule has 19 heavy (non-hydrogen) atoms. The van der Waals surface area contributed by atoms with E-state index in [-0.39, 0.29) is 30.9 Å². The Morgan fingerprint density at radius 2 is 2.26 bits per heavy atom. The number of carboxylic acids is 1. The molecule has 8 heteroatoms. The highest BCUT2D eigenvalue weighted by Gasteiger charge is 2.44. The summed E-state index contributed by atoms with van der Waals surface area (Å²) in [5, 5.41) is 15.4. The van der Waals surface area contributed by atoms with Crippen molar-refractivity contribution in [2.45, 2.75) is 12.0 Å². The second-order valence-corrected chi connectivity index (χ2v) is 4.32. The maximum absolute atomic E-state index is 12.0. The van der Waals surface area contributed by atoms with Gasteiger partial charge in [0.2, 0.25) is 0 Å². The molecule has 1 fully saturated rings. The van der Waals surface area contributed by atoms with Gasteiger partial charge in [-0.05, 0) is 6.07 Å². The van der Waals surface area contributed by atoms with E-state index in [1.54, 1.807) is 0 Å². The molecule has 8 nitrogen and oxygen atoms in total. The second-order valence-electron chi connectivity index (χ2n) is 4.32. The third kappa shape index (κ3) is 2.48. The Hall–Kier alpha value is -2.22. The zero-order chi connectivity index (χ0) is 14.0. The zero-order valence-electron chi connectivity index (χ0n) is 10.3. The molecule has 0 aliphatic carbocycles. The van der Waals surface area contributed by atoms with E-state index in [9.17, 15) is 19.5 Å². The Balaban J connectivity index is 2.22. The average Bonchev–Trinajstić information content (AvgIpc) is 2.82. The molecule has 102 valence electrons. The number of amides is 1. The van der Waals surface area contributed by atoms with E-state index in [1.807, 2.05) is 0 Å². The molecule has 1 atom stereocenters. The minimum Gasteiger partial charge on any atom is -0.479 e. The largest absolute Gasteiger partial charge is 0.479 e. The number of aliphatic carboxylic acids is 1. The minimum absolute atomic E-state index is 0.0189. The fourth-order valence-corrected chi connectivity index (χ4v) is 1.79. The molecule has 1 aromatic heterocycles. The molecule has 1 unspecified atom stereocenters. The molecular weight excluding hydrogens is 254 g/mol. The monoisotopic (exact) mass is 267 g/mol. The van der Waals surface area contributed by atoms with Gasteiger partial charge in [0.15, 0.2) is 5.54 Å². The van der Waals surface area contributed by atoms with E-state index in [2.05, 4.69) is 10.4 Å². The van der Waals surface area contributed by atoms with E-state index in [1.165, 1.54) is 19.2 Å². The number of carbonyl (C=O) groups is 2. The molecular formula is C11H13N3O5. The lowest BCUT2D eigenvalue weighted by molar-refractivity contribution is -0.144. The molecule has 0 radical (unpaired) electrons. The van der Waals surface area contributed by atoms with Crippen LogP contribution in [0.3, 0.4) is 0 Å². The van der Waals surface area contributed by atoms with Crippen LogP contribution in [-0.2, 0) is 16.6 Å². The van der Waals surface area contributed by atoms with Gasteiger partial charge < -0.3 is 15.2 Å². The molecule has 2 N–H and O–H groups in total. The summed E-state index contributed by atoms with van der Waals surface area (Å²) in [5.41, 5.74) is -1.80. The molecule has 2 heterocycles.